The fourth-order valence-corrected chi connectivity index (χ4v) is 3.22. The average molecular weight is 438 g/mol. The van der Waals surface area contributed by atoms with Gasteiger partial charge in [0.2, 0.25) is 12.3 Å². The van der Waals surface area contributed by atoms with E-state index >= 15 is 0 Å². The Morgan fingerprint density at radius 1 is 1.13 bits per heavy atom. The number of rotatable bonds is 6. The topological polar surface area (TPSA) is 105 Å². The van der Waals surface area contributed by atoms with Crippen LogP contribution in [0, 0.1) is 13.8 Å². The zero-order valence-corrected chi connectivity index (χ0v) is 18.0. The van der Waals surface area contributed by atoms with Crippen LogP contribution >= 0.6 is 11.6 Å². The predicted octanol–water partition coefficient (Wildman–Crippen LogP) is 3.22. The summed E-state index contributed by atoms with van der Waals surface area (Å²) in [5, 5.41) is 11.3. The lowest BCUT2D eigenvalue weighted by molar-refractivity contribution is -0.116. The Morgan fingerprint density at radius 2 is 1.90 bits per heavy atom. The zero-order chi connectivity index (χ0) is 22.5. The van der Waals surface area contributed by atoms with E-state index in [9.17, 15) is 14.4 Å². The number of nitrogens with zero attached hydrogens (tertiary/aromatic N) is 4. The average Bonchev–Trinajstić information content (AvgIpc) is 2.75. The number of amides is 3. The van der Waals surface area contributed by atoms with Crippen LogP contribution in [0.25, 0.3) is 11.3 Å². The van der Waals surface area contributed by atoms with Gasteiger partial charge in [0.25, 0.3) is 5.91 Å². The molecule has 0 atom stereocenters. The van der Waals surface area contributed by atoms with Gasteiger partial charge in [-0.3, -0.25) is 24.3 Å². The molecule has 8 nitrogen and oxygen atoms in total. The lowest BCUT2D eigenvalue weighted by Crippen LogP contribution is -2.26. The van der Waals surface area contributed by atoms with Crippen LogP contribution in [0.3, 0.4) is 0 Å². The Balaban J connectivity index is 1.74. The minimum absolute atomic E-state index is 0.0419. The maximum Gasteiger partial charge on any atom is 0.260 e. The summed E-state index contributed by atoms with van der Waals surface area (Å²) in [5.74, 6) is -0.428. The molecule has 31 heavy (non-hydrogen) atoms. The van der Waals surface area contributed by atoms with Gasteiger partial charge in [0.15, 0.2) is 5.82 Å². The Bertz CT molecular complexity index is 1150. The molecule has 0 aliphatic rings. The lowest BCUT2D eigenvalue weighted by Gasteiger charge is -2.15. The Hall–Kier alpha value is -3.65. The van der Waals surface area contributed by atoms with Gasteiger partial charge in [-0.1, -0.05) is 23.2 Å². The number of nitrogens with one attached hydrogen (secondary N) is 1. The van der Waals surface area contributed by atoms with E-state index in [4.69, 9.17) is 11.6 Å². The van der Waals surface area contributed by atoms with Crippen molar-refractivity contribution in [1.29, 1.82) is 0 Å². The lowest BCUT2D eigenvalue weighted by atomic mass is 9.96. The van der Waals surface area contributed by atoms with E-state index in [-0.39, 0.29) is 12.3 Å². The van der Waals surface area contributed by atoms with Crippen molar-refractivity contribution in [3.05, 3.63) is 70.0 Å². The smallest absolute Gasteiger partial charge is 0.260 e. The Morgan fingerprint density at radius 3 is 2.55 bits per heavy atom. The molecule has 0 spiro atoms. The molecule has 1 N–H and O–H groups in total. The van der Waals surface area contributed by atoms with Gasteiger partial charge in [-0.15, -0.1) is 10.2 Å². The number of aryl methyl sites for hydroxylation is 1. The molecule has 0 radical (unpaired) electrons. The maximum atomic E-state index is 12.6. The molecule has 0 bridgehead atoms. The van der Waals surface area contributed by atoms with Gasteiger partial charge in [-0.05, 0) is 49.2 Å². The molecule has 0 saturated carbocycles. The van der Waals surface area contributed by atoms with Gasteiger partial charge in [-0.25, -0.2) is 0 Å². The van der Waals surface area contributed by atoms with Gasteiger partial charge < -0.3 is 5.32 Å². The van der Waals surface area contributed by atoms with Gasteiger partial charge in [0.1, 0.15) is 0 Å². The molecule has 2 aromatic heterocycles. The molecule has 0 saturated heterocycles. The quantitative estimate of drug-likeness (QED) is 0.593. The summed E-state index contributed by atoms with van der Waals surface area (Å²) in [6.45, 7) is 3.58. The summed E-state index contributed by atoms with van der Waals surface area (Å²) in [4.78, 5) is 40.9. The van der Waals surface area contributed by atoms with Crippen molar-refractivity contribution >= 4 is 35.6 Å². The summed E-state index contributed by atoms with van der Waals surface area (Å²) in [5.41, 5.74) is 3.83. The zero-order valence-electron chi connectivity index (χ0n) is 17.2. The number of benzene rings is 1. The van der Waals surface area contributed by atoms with Gasteiger partial charge in [0.05, 0.1) is 17.1 Å². The van der Waals surface area contributed by atoms with Crippen LogP contribution in [-0.4, -0.2) is 45.4 Å². The monoisotopic (exact) mass is 437 g/mol. The third-order valence-electron chi connectivity index (χ3n) is 4.65. The van der Waals surface area contributed by atoms with Crippen molar-refractivity contribution in [3.63, 3.8) is 0 Å². The highest BCUT2D eigenvalue weighted by Gasteiger charge is 2.18. The third kappa shape index (κ3) is 5.29. The second kappa shape index (κ2) is 9.44. The van der Waals surface area contributed by atoms with E-state index < -0.39 is 5.91 Å². The van der Waals surface area contributed by atoms with Gasteiger partial charge in [-0.2, -0.15) is 0 Å². The van der Waals surface area contributed by atoms with Crippen molar-refractivity contribution in [1.82, 2.24) is 20.1 Å². The van der Waals surface area contributed by atoms with Crippen LogP contribution in [0.4, 0.5) is 5.82 Å². The van der Waals surface area contributed by atoms with Crippen LogP contribution in [-0.2, 0) is 16.0 Å². The van der Waals surface area contributed by atoms with Crippen LogP contribution < -0.4 is 5.32 Å². The number of hydrogen-bond acceptors (Lipinski definition) is 6. The molecule has 158 valence electrons. The summed E-state index contributed by atoms with van der Waals surface area (Å²) < 4.78 is 0. The predicted molar refractivity (Wildman–Crippen MR) is 117 cm³/mol. The van der Waals surface area contributed by atoms with E-state index in [0.29, 0.717) is 45.2 Å². The number of carbonyl (C=O) groups is 3. The normalized spacial score (nSPS) is 10.5. The van der Waals surface area contributed by atoms with Crippen LogP contribution in [0.2, 0.25) is 5.02 Å². The molecule has 0 aliphatic heterocycles. The number of pyridine rings is 1. The molecule has 3 amide bonds. The number of imide groups is 1. The second-order valence-electron chi connectivity index (χ2n) is 7.04. The van der Waals surface area contributed by atoms with E-state index in [1.54, 1.807) is 37.4 Å². The standard InChI is InChI=1S/C22H20ClN5O3/c1-13-6-15(14(2)18(7-13)22(31)28(3)12-29)9-21(30)25-20-5-4-19(26-27-20)16-8-17(23)11-24-10-16/h4-8,10-12H,9H2,1-3H3,(H,25,27,30). The fraction of sp³-hybridized carbons (Fsp3) is 0.182. The molecule has 9 heteroatoms. The van der Waals surface area contributed by atoms with Crippen LogP contribution in [0.1, 0.15) is 27.0 Å². The minimum Gasteiger partial charge on any atom is -0.309 e. The number of halogens is 1. The number of anilines is 1. The highest BCUT2D eigenvalue weighted by molar-refractivity contribution is 6.30. The summed E-state index contributed by atoms with van der Waals surface area (Å²) in [6.07, 6.45) is 3.64. The highest BCUT2D eigenvalue weighted by Crippen LogP contribution is 2.21. The van der Waals surface area contributed by atoms with Crippen molar-refractivity contribution in [2.45, 2.75) is 20.3 Å². The Labute approximate surface area is 184 Å². The third-order valence-corrected chi connectivity index (χ3v) is 4.86. The van der Waals surface area contributed by atoms with E-state index in [0.717, 1.165) is 10.5 Å². The summed E-state index contributed by atoms with van der Waals surface area (Å²) in [6, 6.07) is 8.61. The van der Waals surface area contributed by atoms with Crippen molar-refractivity contribution in [2.75, 3.05) is 12.4 Å². The van der Waals surface area contributed by atoms with E-state index in [2.05, 4.69) is 20.5 Å². The summed E-state index contributed by atoms with van der Waals surface area (Å²) >= 11 is 5.94. The first-order valence-electron chi connectivity index (χ1n) is 9.35. The molecule has 1 aromatic carbocycles. The van der Waals surface area contributed by atoms with Crippen molar-refractivity contribution in [3.8, 4) is 11.3 Å². The first-order valence-corrected chi connectivity index (χ1v) is 9.73. The molecular weight excluding hydrogens is 418 g/mol. The van der Waals surface area contributed by atoms with Crippen molar-refractivity contribution < 1.29 is 14.4 Å². The Kier molecular flexibility index (Phi) is 6.71. The maximum absolute atomic E-state index is 12.6. The van der Waals surface area contributed by atoms with Crippen LogP contribution in [0.5, 0.6) is 0 Å². The van der Waals surface area contributed by atoms with Crippen LogP contribution in [0.15, 0.2) is 42.7 Å². The highest BCUT2D eigenvalue weighted by atomic mass is 35.5. The SMILES string of the molecule is Cc1cc(CC(=O)Nc2ccc(-c3cncc(Cl)c3)nn2)c(C)c(C(=O)N(C)C=O)c1. The largest absolute Gasteiger partial charge is 0.309 e. The number of hydrogen-bond donors (Lipinski definition) is 1. The summed E-state index contributed by atoms with van der Waals surface area (Å²) in [7, 11) is 1.39. The molecule has 3 rings (SSSR count). The molecule has 3 aromatic rings. The minimum atomic E-state index is -0.421. The second-order valence-corrected chi connectivity index (χ2v) is 7.48. The van der Waals surface area contributed by atoms with Crippen molar-refractivity contribution in [2.24, 2.45) is 0 Å². The molecule has 0 fully saturated rings. The first-order chi connectivity index (χ1) is 14.8. The van der Waals surface area contributed by atoms with E-state index in [1.807, 2.05) is 13.0 Å². The van der Waals surface area contributed by atoms with E-state index in [1.165, 1.54) is 13.2 Å². The first kappa shape index (κ1) is 22.0. The van der Waals surface area contributed by atoms with Gasteiger partial charge >= 0.3 is 0 Å². The number of carbonyl (C=O) groups excluding carboxylic acids is 3. The molecular formula is C22H20ClN5O3. The fourth-order valence-electron chi connectivity index (χ4n) is 3.04. The number of aromatic nitrogens is 3. The molecule has 0 unspecified atom stereocenters. The molecule has 0 aliphatic carbocycles. The van der Waals surface area contributed by atoms with Gasteiger partial charge in [0, 0.05) is 30.6 Å². The molecule has 2 heterocycles.